The summed E-state index contributed by atoms with van der Waals surface area (Å²) in [6.45, 7) is 3.26. The SMILES string of the molecule is CCOc1cccnc1CCNC(=S)Nc1ncc[nH]1. The van der Waals surface area contributed by atoms with Crippen LogP contribution in [0.25, 0.3) is 0 Å². The number of anilines is 1. The number of hydrogen-bond donors (Lipinski definition) is 3. The molecule has 0 unspecified atom stereocenters. The fourth-order valence-electron chi connectivity index (χ4n) is 1.68. The monoisotopic (exact) mass is 291 g/mol. The highest BCUT2D eigenvalue weighted by Crippen LogP contribution is 2.15. The van der Waals surface area contributed by atoms with E-state index in [0.717, 1.165) is 17.9 Å². The molecule has 0 aliphatic carbocycles. The highest BCUT2D eigenvalue weighted by atomic mass is 32.1. The van der Waals surface area contributed by atoms with E-state index in [1.807, 2.05) is 19.1 Å². The van der Waals surface area contributed by atoms with Crippen molar-refractivity contribution >= 4 is 23.3 Å². The zero-order valence-electron chi connectivity index (χ0n) is 11.2. The molecule has 7 heteroatoms. The lowest BCUT2D eigenvalue weighted by Gasteiger charge is -2.11. The maximum Gasteiger partial charge on any atom is 0.206 e. The summed E-state index contributed by atoms with van der Waals surface area (Å²) in [7, 11) is 0. The zero-order valence-corrected chi connectivity index (χ0v) is 12.0. The van der Waals surface area contributed by atoms with Crippen LogP contribution in [0.15, 0.2) is 30.7 Å². The Labute approximate surface area is 123 Å². The first-order valence-electron chi connectivity index (χ1n) is 6.40. The summed E-state index contributed by atoms with van der Waals surface area (Å²) in [5.41, 5.74) is 0.919. The number of thiocarbonyl (C=S) groups is 1. The van der Waals surface area contributed by atoms with E-state index in [2.05, 4.69) is 25.6 Å². The standard InChI is InChI=1S/C13H17N5OS/c1-2-19-11-4-3-6-14-10(11)5-7-17-13(20)18-12-15-8-9-16-12/h3-4,6,8-9H,2,5,7H2,1H3,(H3,15,16,17,18,20). The summed E-state index contributed by atoms with van der Waals surface area (Å²) in [5.74, 6) is 1.44. The van der Waals surface area contributed by atoms with Crippen molar-refractivity contribution in [1.82, 2.24) is 20.3 Å². The van der Waals surface area contributed by atoms with Crippen molar-refractivity contribution < 1.29 is 4.74 Å². The molecule has 106 valence electrons. The van der Waals surface area contributed by atoms with Crippen LogP contribution in [0.3, 0.4) is 0 Å². The summed E-state index contributed by atoms with van der Waals surface area (Å²) in [6, 6.07) is 3.79. The summed E-state index contributed by atoms with van der Waals surface area (Å²) < 4.78 is 5.53. The van der Waals surface area contributed by atoms with Crippen molar-refractivity contribution in [1.29, 1.82) is 0 Å². The second-order valence-corrected chi connectivity index (χ2v) is 4.36. The van der Waals surface area contributed by atoms with Crippen LogP contribution in [-0.4, -0.2) is 33.2 Å². The van der Waals surface area contributed by atoms with Crippen LogP contribution >= 0.6 is 12.2 Å². The molecule has 2 rings (SSSR count). The number of nitrogens with one attached hydrogen (secondary N) is 3. The normalized spacial score (nSPS) is 10.1. The fraction of sp³-hybridized carbons (Fsp3) is 0.308. The van der Waals surface area contributed by atoms with Gasteiger partial charge in [0, 0.05) is 31.6 Å². The minimum absolute atomic E-state index is 0.522. The highest BCUT2D eigenvalue weighted by molar-refractivity contribution is 7.80. The molecule has 0 fully saturated rings. The van der Waals surface area contributed by atoms with Crippen LogP contribution in [0.2, 0.25) is 0 Å². The molecular formula is C13H17N5OS. The Morgan fingerprint density at radius 2 is 2.30 bits per heavy atom. The molecule has 0 aromatic carbocycles. The first kappa shape index (κ1) is 14.3. The molecule has 6 nitrogen and oxygen atoms in total. The number of aromatic amines is 1. The van der Waals surface area contributed by atoms with Crippen LogP contribution in [0.4, 0.5) is 5.95 Å². The van der Waals surface area contributed by atoms with Crippen molar-refractivity contribution in [2.75, 3.05) is 18.5 Å². The molecular weight excluding hydrogens is 274 g/mol. The quantitative estimate of drug-likeness (QED) is 0.704. The van der Waals surface area contributed by atoms with Crippen LogP contribution in [-0.2, 0) is 6.42 Å². The summed E-state index contributed by atoms with van der Waals surface area (Å²) >= 11 is 5.17. The number of ether oxygens (including phenoxy) is 1. The number of aromatic nitrogens is 3. The third-order valence-electron chi connectivity index (χ3n) is 2.53. The predicted octanol–water partition coefficient (Wildman–Crippen LogP) is 1.73. The minimum Gasteiger partial charge on any atom is -0.492 e. The van der Waals surface area contributed by atoms with Crippen molar-refractivity contribution in [2.24, 2.45) is 0 Å². The molecule has 0 spiro atoms. The molecule has 0 saturated carbocycles. The molecule has 2 heterocycles. The first-order valence-corrected chi connectivity index (χ1v) is 6.81. The number of nitrogens with zero attached hydrogens (tertiary/aromatic N) is 2. The third kappa shape index (κ3) is 4.20. The van der Waals surface area contributed by atoms with Gasteiger partial charge in [0.25, 0.3) is 0 Å². The Hall–Kier alpha value is -2.15. The van der Waals surface area contributed by atoms with Gasteiger partial charge in [-0.25, -0.2) is 4.98 Å². The van der Waals surface area contributed by atoms with Crippen LogP contribution in [0, 0.1) is 0 Å². The van der Waals surface area contributed by atoms with Gasteiger partial charge in [-0.2, -0.15) is 0 Å². The Morgan fingerprint density at radius 3 is 3.05 bits per heavy atom. The molecule has 2 aromatic rings. The van der Waals surface area contributed by atoms with Crippen molar-refractivity contribution in [3.05, 3.63) is 36.4 Å². The maximum atomic E-state index is 5.53. The largest absolute Gasteiger partial charge is 0.492 e. The minimum atomic E-state index is 0.522. The molecule has 20 heavy (non-hydrogen) atoms. The molecule has 0 saturated heterocycles. The molecule has 0 aliphatic rings. The van der Waals surface area contributed by atoms with Crippen molar-refractivity contribution in [3.8, 4) is 5.75 Å². The number of pyridine rings is 1. The van der Waals surface area contributed by atoms with Gasteiger partial charge in [0.2, 0.25) is 5.95 Å². The summed E-state index contributed by atoms with van der Waals surface area (Å²) in [6.07, 6.45) is 5.88. The van der Waals surface area contributed by atoms with E-state index in [1.165, 1.54) is 0 Å². The van der Waals surface area contributed by atoms with Crippen molar-refractivity contribution in [3.63, 3.8) is 0 Å². The van der Waals surface area contributed by atoms with Crippen LogP contribution in [0.5, 0.6) is 5.75 Å². The Kier molecular flexibility index (Phi) is 5.31. The van der Waals surface area contributed by atoms with Gasteiger partial charge in [-0.05, 0) is 31.3 Å². The van der Waals surface area contributed by atoms with Crippen LogP contribution < -0.4 is 15.4 Å². The van der Waals surface area contributed by atoms with E-state index in [0.29, 0.717) is 24.2 Å². The van der Waals surface area contributed by atoms with Gasteiger partial charge in [-0.15, -0.1) is 0 Å². The van der Waals surface area contributed by atoms with Gasteiger partial charge in [-0.1, -0.05) is 0 Å². The zero-order chi connectivity index (χ0) is 14.2. The lowest BCUT2D eigenvalue weighted by atomic mass is 10.2. The molecule has 0 radical (unpaired) electrons. The maximum absolute atomic E-state index is 5.53. The van der Waals surface area contributed by atoms with E-state index in [4.69, 9.17) is 17.0 Å². The molecule has 0 atom stereocenters. The van der Waals surface area contributed by atoms with Crippen molar-refractivity contribution in [2.45, 2.75) is 13.3 Å². The fourth-order valence-corrected chi connectivity index (χ4v) is 1.88. The van der Waals surface area contributed by atoms with Gasteiger partial charge in [0.1, 0.15) is 5.75 Å². The number of hydrogen-bond acceptors (Lipinski definition) is 4. The molecule has 0 bridgehead atoms. The van der Waals surface area contributed by atoms with Gasteiger partial charge in [0.05, 0.1) is 12.3 Å². The lowest BCUT2D eigenvalue weighted by Crippen LogP contribution is -2.30. The Balaban J connectivity index is 1.79. The summed E-state index contributed by atoms with van der Waals surface area (Å²) in [4.78, 5) is 11.3. The second kappa shape index (κ2) is 7.44. The smallest absolute Gasteiger partial charge is 0.206 e. The number of H-pyrrole nitrogens is 1. The van der Waals surface area contributed by atoms with Gasteiger partial charge < -0.3 is 20.4 Å². The second-order valence-electron chi connectivity index (χ2n) is 3.95. The molecule has 0 amide bonds. The average Bonchev–Trinajstić information content (AvgIpc) is 2.94. The number of rotatable bonds is 6. The Bertz CT molecular complexity index is 543. The molecule has 2 aromatic heterocycles. The van der Waals surface area contributed by atoms with Gasteiger partial charge >= 0.3 is 0 Å². The van der Waals surface area contributed by atoms with Gasteiger partial charge in [-0.3, -0.25) is 4.98 Å². The van der Waals surface area contributed by atoms with Gasteiger partial charge in [0.15, 0.2) is 5.11 Å². The molecule has 3 N–H and O–H groups in total. The average molecular weight is 291 g/mol. The first-order chi connectivity index (χ1) is 9.79. The number of imidazole rings is 1. The van der Waals surface area contributed by atoms with E-state index in [1.54, 1.807) is 18.6 Å². The highest BCUT2D eigenvalue weighted by Gasteiger charge is 2.04. The van der Waals surface area contributed by atoms with E-state index < -0.39 is 0 Å². The lowest BCUT2D eigenvalue weighted by molar-refractivity contribution is 0.334. The summed E-state index contributed by atoms with van der Waals surface area (Å²) in [5, 5.41) is 6.58. The third-order valence-corrected chi connectivity index (χ3v) is 2.77. The van der Waals surface area contributed by atoms with E-state index >= 15 is 0 Å². The Morgan fingerprint density at radius 1 is 1.40 bits per heavy atom. The van der Waals surface area contributed by atoms with Crippen LogP contribution in [0.1, 0.15) is 12.6 Å². The van der Waals surface area contributed by atoms with E-state index in [-0.39, 0.29) is 0 Å². The topological polar surface area (TPSA) is 74.9 Å². The molecule has 0 aliphatic heterocycles. The van der Waals surface area contributed by atoms with E-state index in [9.17, 15) is 0 Å². The predicted molar refractivity (Wildman–Crippen MR) is 81.9 cm³/mol.